The van der Waals surface area contributed by atoms with Gasteiger partial charge in [0.1, 0.15) is 5.75 Å². The molecule has 3 heteroatoms. The van der Waals surface area contributed by atoms with E-state index < -0.39 is 0 Å². The van der Waals surface area contributed by atoms with Crippen LogP contribution in [0.5, 0.6) is 5.75 Å². The molecule has 0 bridgehead atoms. The predicted molar refractivity (Wildman–Crippen MR) is 115 cm³/mol. The highest BCUT2D eigenvalue weighted by Gasteiger charge is 2.56. The number of hydrogen-bond acceptors (Lipinski definition) is 3. The summed E-state index contributed by atoms with van der Waals surface area (Å²) >= 11 is 4.34. The van der Waals surface area contributed by atoms with Crippen molar-refractivity contribution in [1.82, 2.24) is 0 Å². The molecule has 0 aliphatic heterocycles. The fourth-order valence-corrected chi connectivity index (χ4v) is 7.13. The Bertz CT molecular complexity index is 660. The number of phenolic OH excluding ortho intramolecular Hbond substituents is 1. The third kappa shape index (κ3) is 3.55. The lowest BCUT2D eigenvalue weighted by Gasteiger charge is -2.53. The van der Waals surface area contributed by atoms with Crippen molar-refractivity contribution in [2.45, 2.75) is 83.2 Å². The third-order valence-electron chi connectivity index (χ3n) is 8.32. The fourth-order valence-electron chi connectivity index (χ4n) is 6.90. The van der Waals surface area contributed by atoms with E-state index in [9.17, 15) is 10.2 Å². The Balaban J connectivity index is 1.59. The van der Waals surface area contributed by atoms with Crippen molar-refractivity contribution in [2.24, 2.45) is 23.2 Å². The first-order valence-corrected chi connectivity index (χ1v) is 11.8. The van der Waals surface area contributed by atoms with Gasteiger partial charge in [0.2, 0.25) is 0 Å². The number of hydrogen-bond donors (Lipinski definition) is 3. The van der Waals surface area contributed by atoms with Crippen LogP contribution in [-0.2, 0) is 6.42 Å². The van der Waals surface area contributed by atoms with Gasteiger partial charge in [0.15, 0.2) is 0 Å². The Kier molecular flexibility index (Phi) is 5.81. The molecule has 2 N–H and O–H groups in total. The van der Waals surface area contributed by atoms with Gasteiger partial charge in [-0.3, -0.25) is 0 Å². The molecule has 2 saturated carbocycles. The largest absolute Gasteiger partial charge is 0.508 e. The summed E-state index contributed by atoms with van der Waals surface area (Å²) in [6.07, 6.45) is 12.0. The standard InChI is InChI=1S/C24H36O2S/c1-24-12-11-20-19-8-7-18(25)15-17(19)14-16(6-4-2-3-5-13-27)23(20)21(24)9-10-22(24)26/h7-8,15-16,20-23,25-27H,2-6,9-14H2,1H3/t16?,20?,21?,22-,23?,24-/m0/s1. The van der Waals surface area contributed by atoms with Crippen LogP contribution in [0.2, 0.25) is 0 Å². The van der Waals surface area contributed by atoms with Crippen LogP contribution < -0.4 is 0 Å². The minimum Gasteiger partial charge on any atom is -0.508 e. The Morgan fingerprint density at radius 2 is 1.93 bits per heavy atom. The summed E-state index contributed by atoms with van der Waals surface area (Å²) in [7, 11) is 0. The Hall–Kier alpha value is -0.670. The summed E-state index contributed by atoms with van der Waals surface area (Å²) in [5.74, 6) is 4.12. The number of thiol groups is 1. The molecule has 0 saturated heterocycles. The number of aliphatic hydroxyl groups excluding tert-OH is 1. The van der Waals surface area contributed by atoms with Crippen LogP contribution in [0.15, 0.2) is 18.2 Å². The molecular formula is C24H36O2S. The van der Waals surface area contributed by atoms with Crippen molar-refractivity contribution in [1.29, 1.82) is 0 Å². The molecule has 2 nitrogen and oxygen atoms in total. The van der Waals surface area contributed by atoms with Gasteiger partial charge in [-0.15, -0.1) is 0 Å². The van der Waals surface area contributed by atoms with Crippen LogP contribution in [0.25, 0.3) is 0 Å². The SMILES string of the molecule is C[C@]12CCC3c4ccc(O)cc4CC(CCCCCCS)C3C1CC[C@@H]2O. The van der Waals surface area contributed by atoms with Gasteiger partial charge in [0, 0.05) is 0 Å². The van der Waals surface area contributed by atoms with Crippen LogP contribution in [0.1, 0.15) is 81.8 Å². The quantitative estimate of drug-likeness (QED) is 0.431. The highest BCUT2D eigenvalue weighted by molar-refractivity contribution is 7.80. The summed E-state index contributed by atoms with van der Waals surface area (Å²) in [6, 6.07) is 6.10. The van der Waals surface area contributed by atoms with Gasteiger partial charge in [-0.2, -0.15) is 12.6 Å². The zero-order chi connectivity index (χ0) is 19.0. The minimum atomic E-state index is -0.110. The van der Waals surface area contributed by atoms with E-state index in [0.29, 0.717) is 29.4 Å². The summed E-state index contributed by atoms with van der Waals surface area (Å²) < 4.78 is 0. The van der Waals surface area contributed by atoms with E-state index in [4.69, 9.17) is 0 Å². The molecule has 0 aromatic heterocycles. The van der Waals surface area contributed by atoms with Gasteiger partial charge >= 0.3 is 0 Å². The van der Waals surface area contributed by atoms with Gasteiger partial charge in [-0.25, -0.2) is 0 Å². The topological polar surface area (TPSA) is 40.5 Å². The summed E-state index contributed by atoms with van der Waals surface area (Å²) in [6.45, 7) is 2.36. The number of fused-ring (bicyclic) bond motifs is 5. The maximum Gasteiger partial charge on any atom is 0.115 e. The Morgan fingerprint density at radius 1 is 1.11 bits per heavy atom. The molecule has 6 atom stereocenters. The van der Waals surface area contributed by atoms with Crippen LogP contribution in [-0.4, -0.2) is 22.1 Å². The smallest absolute Gasteiger partial charge is 0.115 e. The van der Waals surface area contributed by atoms with Gasteiger partial charge < -0.3 is 10.2 Å². The summed E-state index contributed by atoms with van der Waals surface area (Å²) in [5.41, 5.74) is 3.01. The van der Waals surface area contributed by atoms with Crippen molar-refractivity contribution in [3.05, 3.63) is 29.3 Å². The number of phenols is 1. The van der Waals surface area contributed by atoms with Crippen molar-refractivity contribution in [2.75, 3.05) is 5.75 Å². The van der Waals surface area contributed by atoms with Crippen LogP contribution in [0.4, 0.5) is 0 Å². The molecule has 27 heavy (non-hydrogen) atoms. The first kappa shape index (κ1) is 19.6. The zero-order valence-electron chi connectivity index (χ0n) is 16.7. The van der Waals surface area contributed by atoms with Crippen LogP contribution in [0.3, 0.4) is 0 Å². The van der Waals surface area contributed by atoms with Crippen molar-refractivity contribution in [3.63, 3.8) is 0 Å². The maximum absolute atomic E-state index is 10.7. The number of unbranched alkanes of at least 4 members (excludes halogenated alkanes) is 3. The molecule has 0 spiro atoms. The average molecular weight is 389 g/mol. The van der Waals surface area contributed by atoms with Gasteiger partial charge in [-0.1, -0.05) is 32.3 Å². The minimum absolute atomic E-state index is 0.110. The van der Waals surface area contributed by atoms with Gasteiger partial charge in [-0.05, 0) is 103 Å². The Morgan fingerprint density at radius 3 is 2.74 bits per heavy atom. The molecule has 1 aromatic rings. The lowest BCUT2D eigenvalue weighted by molar-refractivity contribution is -0.0396. The lowest BCUT2D eigenvalue weighted by atomic mass is 9.52. The molecule has 1 aromatic carbocycles. The van der Waals surface area contributed by atoms with Crippen molar-refractivity contribution in [3.8, 4) is 5.75 Å². The number of aliphatic hydroxyl groups is 1. The third-order valence-corrected chi connectivity index (χ3v) is 8.63. The predicted octanol–water partition coefficient (Wildman–Crippen LogP) is 5.72. The normalized spacial score (nSPS) is 37.5. The van der Waals surface area contributed by atoms with Crippen molar-refractivity contribution < 1.29 is 10.2 Å². The second kappa shape index (κ2) is 7.99. The monoisotopic (exact) mass is 388 g/mol. The first-order chi connectivity index (χ1) is 13.0. The number of rotatable bonds is 6. The molecule has 0 amide bonds. The average Bonchev–Trinajstić information content (AvgIpc) is 2.96. The number of aromatic hydroxyl groups is 1. The molecule has 3 aliphatic carbocycles. The van der Waals surface area contributed by atoms with Gasteiger partial charge in [0.25, 0.3) is 0 Å². The van der Waals surface area contributed by atoms with E-state index in [0.717, 1.165) is 25.0 Å². The summed E-state index contributed by atoms with van der Waals surface area (Å²) in [4.78, 5) is 0. The van der Waals surface area contributed by atoms with E-state index in [1.807, 2.05) is 12.1 Å². The van der Waals surface area contributed by atoms with Gasteiger partial charge in [0.05, 0.1) is 6.10 Å². The van der Waals surface area contributed by atoms with Crippen LogP contribution >= 0.6 is 12.6 Å². The first-order valence-electron chi connectivity index (χ1n) is 11.2. The maximum atomic E-state index is 10.7. The lowest BCUT2D eigenvalue weighted by Crippen LogP contribution is -2.47. The highest BCUT2D eigenvalue weighted by Crippen LogP contribution is 2.62. The molecule has 150 valence electrons. The zero-order valence-corrected chi connectivity index (χ0v) is 17.6. The molecule has 0 heterocycles. The Labute approximate surface area is 170 Å². The van der Waals surface area contributed by atoms with Crippen molar-refractivity contribution >= 4 is 12.6 Å². The number of benzene rings is 1. The molecule has 2 fully saturated rings. The molecule has 0 radical (unpaired) electrons. The van der Waals surface area contributed by atoms with E-state index in [2.05, 4.69) is 25.6 Å². The summed E-state index contributed by atoms with van der Waals surface area (Å²) in [5, 5.41) is 20.8. The second-order valence-corrected chi connectivity index (χ2v) is 10.1. The van der Waals surface area contributed by atoms with E-state index >= 15 is 0 Å². The molecular weight excluding hydrogens is 352 g/mol. The van der Waals surface area contributed by atoms with E-state index in [1.165, 1.54) is 56.1 Å². The second-order valence-electron chi connectivity index (χ2n) is 9.70. The van der Waals surface area contributed by atoms with E-state index in [-0.39, 0.29) is 11.5 Å². The van der Waals surface area contributed by atoms with E-state index in [1.54, 1.807) is 0 Å². The molecule has 4 unspecified atom stereocenters. The highest BCUT2D eigenvalue weighted by atomic mass is 32.1. The fraction of sp³-hybridized carbons (Fsp3) is 0.750. The molecule has 4 rings (SSSR count). The van der Waals surface area contributed by atoms with Crippen LogP contribution in [0, 0.1) is 23.2 Å². The molecule has 3 aliphatic rings.